The molecule has 19 heteroatoms. The minimum absolute atomic E-state index is 0.106. The van der Waals surface area contributed by atoms with Gasteiger partial charge in [0.15, 0.2) is 12.2 Å². The molecule has 17 nitrogen and oxygen atoms in total. The molecule has 0 fully saturated rings. The van der Waals surface area contributed by atoms with Crippen LogP contribution in [-0.2, 0) is 65.4 Å². The molecule has 0 spiro atoms. The summed E-state index contributed by atoms with van der Waals surface area (Å²) in [5.74, 6) is -0.612. The standard InChI is InChI=1S/C82H160O17P2/c1-7-9-11-13-15-17-19-21-23-25-26-27-28-30-32-34-41-48-54-60-66-81(86)98-77(70-92-79(84)64-58-52-46-40-33-31-29-24-22-20-18-16-14-12-10-8-2)72-96-100(88,89)94-68-76(83)69-95-101(90,91)97-73-78(71-93-80(85)65-59-53-47-43-37-39-45-51-57-63-75(5)6)99-82(87)67-61-55-49-42-36-35-38-44-50-56-62-74(3)4/h74-78,83H,7-73H2,1-6H3,(H,88,89)(H,90,91)/t76-,77-,78-/m1/s1. The third kappa shape index (κ3) is 76.1. The predicted octanol–water partition coefficient (Wildman–Crippen LogP) is 24.7. The van der Waals surface area contributed by atoms with Crippen molar-refractivity contribution in [1.29, 1.82) is 0 Å². The van der Waals surface area contributed by atoms with Gasteiger partial charge in [0.05, 0.1) is 26.4 Å². The number of carbonyl (C=O) groups is 4. The first-order valence-corrected chi connectivity index (χ1v) is 45.5. The maximum atomic E-state index is 13.1. The van der Waals surface area contributed by atoms with Crippen LogP contribution in [0.15, 0.2) is 0 Å². The van der Waals surface area contributed by atoms with Crippen molar-refractivity contribution in [2.45, 2.75) is 452 Å². The van der Waals surface area contributed by atoms with Crippen LogP contribution in [0.5, 0.6) is 0 Å². The van der Waals surface area contributed by atoms with Crippen LogP contribution in [0, 0.1) is 11.8 Å². The normalized spacial score (nSPS) is 13.9. The molecule has 0 aliphatic heterocycles. The summed E-state index contributed by atoms with van der Waals surface area (Å²) in [5, 5.41) is 10.7. The average molecular weight is 1480 g/mol. The van der Waals surface area contributed by atoms with E-state index in [2.05, 4.69) is 41.5 Å². The van der Waals surface area contributed by atoms with Gasteiger partial charge in [0.2, 0.25) is 0 Å². The Bertz CT molecular complexity index is 1940. The van der Waals surface area contributed by atoms with Crippen LogP contribution in [0.4, 0.5) is 0 Å². The smallest absolute Gasteiger partial charge is 0.462 e. The van der Waals surface area contributed by atoms with E-state index in [9.17, 15) is 43.2 Å². The molecule has 0 rings (SSSR count). The molecule has 3 N–H and O–H groups in total. The van der Waals surface area contributed by atoms with Crippen LogP contribution in [-0.4, -0.2) is 96.7 Å². The first kappa shape index (κ1) is 99.1. The van der Waals surface area contributed by atoms with Gasteiger partial charge >= 0.3 is 39.5 Å². The minimum Gasteiger partial charge on any atom is -0.462 e. The lowest BCUT2D eigenvalue weighted by Gasteiger charge is -2.21. The van der Waals surface area contributed by atoms with E-state index >= 15 is 0 Å². The fourth-order valence-electron chi connectivity index (χ4n) is 12.7. The van der Waals surface area contributed by atoms with Crippen LogP contribution < -0.4 is 0 Å². The van der Waals surface area contributed by atoms with Gasteiger partial charge in [-0.05, 0) is 37.5 Å². The highest BCUT2D eigenvalue weighted by Gasteiger charge is 2.30. The second-order valence-corrected chi connectivity index (χ2v) is 33.4. The second-order valence-electron chi connectivity index (χ2n) is 30.5. The molecule has 0 heterocycles. The first-order valence-electron chi connectivity index (χ1n) is 42.5. The van der Waals surface area contributed by atoms with E-state index in [1.54, 1.807) is 0 Å². The lowest BCUT2D eigenvalue weighted by Crippen LogP contribution is -2.30. The highest BCUT2D eigenvalue weighted by atomic mass is 31.2. The van der Waals surface area contributed by atoms with E-state index in [-0.39, 0.29) is 25.7 Å². The molecule has 0 aromatic carbocycles. The third-order valence-corrected chi connectivity index (χ3v) is 21.1. The lowest BCUT2D eigenvalue weighted by molar-refractivity contribution is -0.161. The van der Waals surface area contributed by atoms with Crippen molar-refractivity contribution in [1.82, 2.24) is 0 Å². The Kier molecular flexibility index (Phi) is 72.2. The summed E-state index contributed by atoms with van der Waals surface area (Å²) >= 11 is 0. The highest BCUT2D eigenvalue weighted by molar-refractivity contribution is 7.47. The van der Waals surface area contributed by atoms with Crippen molar-refractivity contribution in [3.63, 3.8) is 0 Å². The van der Waals surface area contributed by atoms with Gasteiger partial charge in [-0.2, -0.15) is 0 Å². The number of ether oxygens (including phenoxy) is 4. The molecule has 101 heavy (non-hydrogen) atoms. The Morgan fingerprint density at radius 2 is 0.455 bits per heavy atom. The van der Waals surface area contributed by atoms with Crippen LogP contribution in [0.25, 0.3) is 0 Å². The number of unbranched alkanes of at least 4 members (excludes halogenated alkanes) is 51. The van der Waals surface area contributed by atoms with E-state index in [1.807, 2.05) is 0 Å². The highest BCUT2D eigenvalue weighted by Crippen LogP contribution is 2.45. The Balaban J connectivity index is 5.24. The molecule has 5 atom stereocenters. The van der Waals surface area contributed by atoms with E-state index in [0.29, 0.717) is 25.7 Å². The molecular weight excluding hydrogens is 1320 g/mol. The number of carbonyl (C=O) groups excluding carboxylic acids is 4. The zero-order chi connectivity index (χ0) is 74.2. The van der Waals surface area contributed by atoms with Crippen LogP contribution in [0.2, 0.25) is 0 Å². The molecule has 2 unspecified atom stereocenters. The van der Waals surface area contributed by atoms with E-state index in [0.717, 1.165) is 102 Å². The van der Waals surface area contributed by atoms with Gasteiger partial charge in [-0.3, -0.25) is 37.3 Å². The van der Waals surface area contributed by atoms with Crippen molar-refractivity contribution in [2.75, 3.05) is 39.6 Å². The van der Waals surface area contributed by atoms with E-state index in [1.165, 1.54) is 250 Å². The van der Waals surface area contributed by atoms with Crippen molar-refractivity contribution in [3.05, 3.63) is 0 Å². The van der Waals surface area contributed by atoms with Gasteiger partial charge in [-0.25, -0.2) is 9.13 Å². The zero-order valence-corrected chi connectivity index (χ0v) is 68.0. The number of rotatable bonds is 81. The molecule has 0 aromatic rings. The van der Waals surface area contributed by atoms with E-state index < -0.39 is 97.5 Å². The molecule has 0 saturated carbocycles. The molecular formula is C82H160O17P2. The molecule has 600 valence electrons. The number of aliphatic hydroxyl groups is 1. The van der Waals surface area contributed by atoms with Gasteiger partial charge in [0, 0.05) is 25.7 Å². The second kappa shape index (κ2) is 73.6. The van der Waals surface area contributed by atoms with Crippen molar-refractivity contribution in [2.24, 2.45) is 11.8 Å². The number of aliphatic hydroxyl groups excluding tert-OH is 1. The number of phosphoric ester groups is 2. The largest absolute Gasteiger partial charge is 0.472 e. The number of hydrogen-bond acceptors (Lipinski definition) is 15. The monoisotopic (exact) mass is 1480 g/mol. The third-order valence-electron chi connectivity index (χ3n) is 19.2. The van der Waals surface area contributed by atoms with Crippen molar-refractivity contribution in [3.8, 4) is 0 Å². The van der Waals surface area contributed by atoms with Gasteiger partial charge in [-0.1, -0.05) is 382 Å². The topological polar surface area (TPSA) is 237 Å². The molecule has 0 aromatic heterocycles. The zero-order valence-electron chi connectivity index (χ0n) is 66.2. The van der Waals surface area contributed by atoms with Crippen molar-refractivity contribution >= 4 is 39.5 Å². The fourth-order valence-corrected chi connectivity index (χ4v) is 14.3. The molecule has 0 amide bonds. The minimum atomic E-state index is -4.96. The lowest BCUT2D eigenvalue weighted by atomic mass is 10.0. The van der Waals surface area contributed by atoms with E-state index in [4.69, 9.17) is 37.0 Å². The van der Waals surface area contributed by atoms with Crippen LogP contribution in [0.3, 0.4) is 0 Å². The number of phosphoric acid groups is 2. The van der Waals surface area contributed by atoms with Crippen LogP contribution in [0.1, 0.15) is 433 Å². The van der Waals surface area contributed by atoms with Gasteiger partial charge in [0.25, 0.3) is 0 Å². The average Bonchev–Trinajstić information content (AvgIpc) is 0.939. The number of hydrogen-bond donors (Lipinski definition) is 3. The molecule has 0 radical (unpaired) electrons. The molecule has 0 aliphatic rings. The van der Waals surface area contributed by atoms with Gasteiger partial charge < -0.3 is 33.8 Å². The Morgan fingerprint density at radius 1 is 0.267 bits per heavy atom. The van der Waals surface area contributed by atoms with Gasteiger partial charge in [0.1, 0.15) is 19.3 Å². The summed E-state index contributed by atoms with van der Waals surface area (Å²) in [5.41, 5.74) is 0. The Morgan fingerprint density at radius 3 is 0.673 bits per heavy atom. The first-order chi connectivity index (χ1) is 48.9. The number of esters is 4. The Hall–Kier alpha value is -1.94. The van der Waals surface area contributed by atoms with Gasteiger partial charge in [-0.15, -0.1) is 0 Å². The van der Waals surface area contributed by atoms with Crippen molar-refractivity contribution < 1.29 is 80.2 Å². The summed E-state index contributed by atoms with van der Waals surface area (Å²) in [6, 6.07) is 0. The molecule has 0 aliphatic carbocycles. The molecule has 0 bridgehead atoms. The predicted molar refractivity (Wildman–Crippen MR) is 414 cm³/mol. The summed E-state index contributed by atoms with van der Waals surface area (Å²) in [6.07, 6.45) is 63.9. The molecule has 0 saturated heterocycles. The maximum Gasteiger partial charge on any atom is 0.472 e. The summed E-state index contributed by atoms with van der Waals surface area (Å²) < 4.78 is 68.8. The summed E-state index contributed by atoms with van der Waals surface area (Å²) in [6.45, 7) is 9.61. The maximum absolute atomic E-state index is 13.1. The SMILES string of the molecule is CCCCCCCCCCCCCCCCCCCCCCC(=O)O[C@H](COC(=O)CCCCCCCCCCCCCCCCCC)COP(=O)(O)OC[C@@H](O)COP(=O)(O)OC[C@@H](COC(=O)CCCCCCCCCCCC(C)C)OC(=O)CCCCCCCCCCCCC(C)C. The summed E-state index contributed by atoms with van der Waals surface area (Å²) in [4.78, 5) is 73.1. The quantitative estimate of drug-likeness (QED) is 0.0222. The Labute approximate surface area is 619 Å². The fraction of sp³-hybridized carbons (Fsp3) is 0.951. The summed E-state index contributed by atoms with van der Waals surface area (Å²) in [7, 11) is -9.92. The van der Waals surface area contributed by atoms with Crippen LogP contribution >= 0.6 is 15.6 Å².